The van der Waals surface area contributed by atoms with Gasteiger partial charge in [0.25, 0.3) is 0 Å². The van der Waals surface area contributed by atoms with Crippen LogP contribution in [0.2, 0.25) is 0 Å². The number of fused-ring (bicyclic) bond motifs is 5. The van der Waals surface area contributed by atoms with Gasteiger partial charge in [0.05, 0.1) is 5.60 Å². The Morgan fingerprint density at radius 2 is 1.64 bits per heavy atom. The summed E-state index contributed by atoms with van der Waals surface area (Å²) in [6.45, 7) is 9.29. The predicted octanol–water partition coefficient (Wildman–Crippen LogP) is 5.23. The van der Waals surface area contributed by atoms with Crippen molar-refractivity contribution in [2.75, 3.05) is 0 Å². The molecule has 0 spiro atoms. The van der Waals surface area contributed by atoms with E-state index in [2.05, 4.69) is 27.7 Å². The van der Waals surface area contributed by atoms with Crippen LogP contribution in [0.4, 0.5) is 0 Å². The van der Waals surface area contributed by atoms with Gasteiger partial charge in [0.2, 0.25) is 0 Å². The number of hydrogen-bond donors (Lipinski definition) is 1. The van der Waals surface area contributed by atoms with E-state index in [4.69, 9.17) is 0 Å². The molecule has 0 aromatic carbocycles. The van der Waals surface area contributed by atoms with E-state index in [0.717, 1.165) is 30.6 Å². The van der Waals surface area contributed by atoms with E-state index >= 15 is 0 Å². The number of rotatable bonds is 2. The predicted molar refractivity (Wildman–Crippen MR) is 101 cm³/mol. The summed E-state index contributed by atoms with van der Waals surface area (Å²) in [6, 6.07) is 0. The highest BCUT2D eigenvalue weighted by Crippen LogP contribution is 2.68. The number of hydrogen-bond acceptors (Lipinski definition) is 2. The van der Waals surface area contributed by atoms with Crippen molar-refractivity contribution >= 4 is 6.29 Å². The van der Waals surface area contributed by atoms with Gasteiger partial charge in [-0.1, -0.05) is 20.8 Å². The van der Waals surface area contributed by atoms with Gasteiger partial charge in [0.1, 0.15) is 6.29 Å². The van der Waals surface area contributed by atoms with Crippen LogP contribution >= 0.6 is 0 Å². The first-order valence-electron chi connectivity index (χ1n) is 10.9. The van der Waals surface area contributed by atoms with Crippen molar-refractivity contribution in [3.8, 4) is 0 Å². The molecule has 0 heterocycles. The van der Waals surface area contributed by atoms with Crippen molar-refractivity contribution in [3.05, 3.63) is 0 Å². The van der Waals surface area contributed by atoms with Gasteiger partial charge in [-0.05, 0) is 105 Å². The van der Waals surface area contributed by atoms with Crippen LogP contribution in [-0.4, -0.2) is 17.0 Å². The third-order valence-electron chi connectivity index (χ3n) is 9.88. The fourth-order valence-corrected chi connectivity index (χ4v) is 8.43. The second kappa shape index (κ2) is 5.81. The van der Waals surface area contributed by atoms with Crippen LogP contribution in [0.1, 0.15) is 85.5 Å². The summed E-state index contributed by atoms with van der Waals surface area (Å²) >= 11 is 0. The van der Waals surface area contributed by atoms with E-state index in [9.17, 15) is 9.90 Å². The minimum Gasteiger partial charge on any atom is -0.390 e. The smallest absolute Gasteiger partial charge is 0.123 e. The second-order valence-corrected chi connectivity index (χ2v) is 11.1. The number of aldehydes is 1. The lowest BCUT2D eigenvalue weighted by molar-refractivity contribution is -0.148. The molecule has 0 bridgehead atoms. The van der Waals surface area contributed by atoms with Crippen molar-refractivity contribution in [2.24, 2.45) is 46.3 Å². The molecule has 2 nitrogen and oxygen atoms in total. The highest BCUT2D eigenvalue weighted by molar-refractivity contribution is 5.53. The molecule has 25 heavy (non-hydrogen) atoms. The number of carbonyl (C=O) groups excluding carboxylic acids is 1. The first-order chi connectivity index (χ1) is 11.7. The number of aliphatic hydroxyl groups is 1. The molecule has 4 rings (SSSR count). The zero-order valence-electron chi connectivity index (χ0n) is 16.8. The standard InChI is InChI=1S/C23H38O2/c1-15(14-24)18-7-8-19-17-6-5-16-13-21(2,25)11-12-22(16,3)20(17)9-10-23(18,19)4/h14-20,25H,5-13H2,1-4H3/t15?,16-,17-,18+,19-,20-,21-,22-,23+/m0/s1. The molecule has 0 aromatic heterocycles. The first kappa shape index (κ1) is 18.0. The molecule has 0 amide bonds. The molecule has 0 saturated heterocycles. The minimum atomic E-state index is -0.432. The maximum absolute atomic E-state index is 11.5. The highest BCUT2D eigenvalue weighted by atomic mass is 16.3. The van der Waals surface area contributed by atoms with Gasteiger partial charge in [-0.15, -0.1) is 0 Å². The summed E-state index contributed by atoms with van der Waals surface area (Å²) in [5.74, 6) is 4.10. The maximum atomic E-state index is 11.5. The fourth-order valence-electron chi connectivity index (χ4n) is 8.43. The molecule has 1 N–H and O–H groups in total. The Balaban J connectivity index is 1.59. The lowest BCUT2D eigenvalue weighted by Gasteiger charge is -2.62. The molecule has 1 unspecified atom stereocenters. The third-order valence-corrected chi connectivity index (χ3v) is 9.88. The van der Waals surface area contributed by atoms with Gasteiger partial charge in [-0.3, -0.25) is 0 Å². The molecule has 4 aliphatic rings. The van der Waals surface area contributed by atoms with Gasteiger partial charge in [0, 0.05) is 5.92 Å². The zero-order chi connectivity index (χ0) is 18.0. The summed E-state index contributed by atoms with van der Waals surface area (Å²) in [5.41, 5.74) is 0.406. The quantitative estimate of drug-likeness (QED) is 0.695. The Kier molecular flexibility index (Phi) is 4.19. The summed E-state index contributed by atoms with van der Waals surface area (Å²) < 4.78 is 0. The Morgan fingerprint density at radius 1 is 0.920 bits per heavy atom. The molecule has 0 aliphatic heterocycles. The van der Waals surface area contributed by atoms with Gasteiger partial charge in [-0.2, -0.15) is 0 Å². The molecule has 0 radical (unpaired) electrons. The molecule has 4 aliphatic carbocycles. The van der Waals surface area contributed by atoms with E-state index in [1.165, 1.54) is 51.2 Å². The van der Waals surface area contributed by atoms with Crippen LogP contribution in [-0.2, 0) is 4.79 Å². The Bertz CT molecular complexity index is 540. The molecule has 9 atom stereocenters. The van der Waals surface area contributed by atoms with Crippen LogP contribution in [0.3, 0.4) is 0 Å². The lowest BCUT2D eigenvalue weighted by atomic mass is 9.43. The average molecular weight is 347 g/mol. The Morgan fingerprint density at radius 3 is 2.36 bits per heavy atom. The summed E-state index contributed by atoms with van der Waals surface area (Å²) in [5, 5.41) is 10.6. The van der Waals surface area contributed by atoms with Gasteiger partial charge < -0.3 is 9.90 Å². The van der Waals surface area contributed by atoms with Crippen molar-refractivity contribution in [2.45, 2.75) is 91.1 Å². The molecule has 2 heteroatoms. The van der Waals surface area contributed by atoms with Crippen LogP contribution < -0.4 is 0 Å². The molecular weight excluding hydrogens is 308 g/mol. The topological polar surface area (TPSA) is 37.3 Å². The van der Waals surface area contributed by atoms with Crippen molar-refractivity contribution in [1.82, 2.24) is 0 Å². The summed E-state index contributed by atoms with van der Waals surface area (Å²) in [4.78, 5) is 11.5. The molecule has 4 saturated carbocycles. The summed E-state index contributed by atoms with van der Waals surface area (Å²) in [7, 11) is 0. The average Bonchev–Trinajstić information content (AvgIpc) is 2.92. The van der Waals surface area contributed by atoms with Crippen molar-refractivity contribution in [1.29, 1.82) is 0 Å². The van der Waals surface area contributed by atoms with E-state index < -0.39 is 5.60 Å². The Hall–Kier alpha value is -0.370. The van der Waals surface area contributed by atoms with Crippen LogP contribution in [0.5, 0.6) is 0 Å². The largest absolute Gasteiger partial charge is 0.390 e. The monoisotopic (exact) mass is 346 g/mol. The van der Waals surface area contributed by atoms with Gasteiger partial charge in [-0.25, -0.2) is 0 Å². The lowest BCUT2D eigenvalue weighted by Crippen LogP contribution is -2.55. The maximum Gasteiger partial charge on any atom is 0.123 e. The van der Waals surface area contributed by atoms with Crippen molar-refractivity contribution in [3.63, 3.8) is 0 Å². The normalized spacial score (nSPS) is 56.4. The zero-order valence-corrected chi connectivity index (χ0v) is 16.8. The van der Waals surface area contributed by atoms with Crippen LogP contribution in [0, 0.1) is 46.3 Å². The van der Waals surface area contributed by atoms with Gasteiger partial charge in [0.15, 0.2) is 0 Å². The molecule has 142 valence electrons. The van der Waals surface area contributed by atoms with E-state index in [1.54, 1.807) is 0 Å². The van der Waals surface area contributed by atoms with Gasteiger partial charge >= 0.3 is 0 Å². The second-order valence-electron chi connectivity index (χ2n) is 11.1. The molecule has 4 fully saturated rings. The highest BCUT2D eigenvalue weighted by Gasteiger charge is 2.61. The SMILES string of the molecule is CC(C=O)[C@H]1CC[C@H]2[C@@H]3CC[C@H]4C[C@@](C)(O)CC[C@]4(C)[C@H]3CC[C@]12C. The summed E-state index contributed by atoms with van der Waals surface area (Å²) in [6.07, 6.45) is 12.4. The first-order valence-corrected chi connectivity index (χ1v) is 10.9. The van der Waals surface area contributed by atoms with Crippen LogP contribution in [0.15, 0.2) is 0 Å². The third kappa shape index (κ3) is 2.57. The number of carbonyl (C=O) groups is 1. The minimum absolute atomic E-state index is 0.225. The van der Waals surface area contributed by atoms with Crippen molar-refractivity contribution < 1.29 is 9.90 Å². The van der Waals surface area contributed by atoms with Crippen LogP contribution in [0.25, 0.3) is 0 Å². The fraction of sp³-hybridized carbons (Fsp3) is 0.957. The van der Waals surface area contributed by atoms with E-state index in [1.807, 2.05) is 0 Å². The Labute approximate surface area is 154 Å². The molecule has 0 aromatic rings. The van der Waals surface area contributed by atoms with E-state index in [0.29, 0.717) is 22.7 Å². The molecular formula is C23H38O2. The van der Waals surface area contributed by atoms with E-state index in [-0.39, 0.29) is 5.92 Å².